The largest absolute Gasteiger partial charge is 0.327 e. The van der Waals surface area contributed by atoms with Crippen LogP contribution in [0.25, 0.3) is 0 Å². The van der Waals surface area contributed by atoms with Gasteiger partial charge in [-0.2, -0.15) is 10.2 Å². The van der Waals surface area contributed by atoms with Crippen molar-refractivity contribution >= 4 is 11.8 Å². The zero-order valence-electron chi connectivity index (χ0n) is 15.4. The van der Waals surface area contributed by atoms with Gasteiger partial charge < -0.3 is 4.90 Å². The van der Waals surface area contributed by atoms with Crippen molar-refractivity contribution in [2.24, 2.45) is 20.0 Å². The lowest BCUT2D eigenvalue weighted by molar-refractivity contribution is 0.101. The molecular weight excluding hydrogens is 318 g/mol. The van der Waals surface area contributed by atoms with E-state index < -0.39 is 0 Å². The van der Waals surface area contributed by atoms with E-state index in [-0.39, 0.29) is 12.1 Å². The van der Waals surface area contributed by atoms with Crippen LogP contribution in [0.2, 0.25) is 0 Å². The molecule has 1 fully saturated rings. The molecule has 1 aliphatic heterocycles. The van der Waals surface area contributed by atoms with Gasteiger partial charge in [0.05, 0.1) is 12.4 Å². The molecule has 3 rings (SSSR count). The number of amides is 2. The smallest absolute Gasteiger partial charge is 0.322 e. The van der Waals surface area contributed by atoms with Crippen molar-refractivity contribution in [1.29, 1.82) is 0 Å². The molecule has 0 aliphatic carbocycles. The summed E-state index contributed by atoms with van der Waals surface area (Å²) in [6.45, 7) is 1.77. The molecule has 2 amide bonds. The highest BCUT2D eigenvalue weighted by Gasteiger charge is 2.32. The monoisotopic (exact) mass is 345 g/mol. The van der Waals surface area contributed by atoms with Crippen LogP contribution in [0.3, 0.4) is 0 Å². The fourth-order valence-corrected chi connectivity index (χ4v) is 3.71. The van der Waals surface area contributed by atoms with Crippen LogP contribution in [0, 0.1) is 5.92 Å². The second kappa shape index (κ2) is 7.26. The highest BCUT2D eigenvalue weighted by molar-refractivity contribution is 5.88. The Kier molecular flexibility index (Phi) is 5.08. The highest BCUT2D eigenvalue weighted by Crippen LogP contribution is 2.35. The highest BCUT2D eigenvalue weighted by atomic mass is 16.2. The molecule has 25 heavy (non-hydrogen) atoms. The molecule has 1 saturated heterocycles. The maximum Gasteiger partial charge on any atom is 0.322 e. The van der Waals surface area contributed by atoms with Crippen LogP contribution in [-0.4, -0.2) is 62.6 Å². The summed E-state index contributed by atoms with van der Waals surface area (Å²) in [5, 5.41) is 11.3. The zero-order valence-corrected chi connectivity index (χ0v) is 15.4. The van der Waals surface area contributed by atoms with Gasteiger partial charge in [0.2, 0.25) is 0 Å². The quantitative estimate of drug-likeness (QED) is 0.916. The van der Waals surface area contributed by atoms with Crippen molar-refractivity contribution in [2.45, 2.75) is 18.9 Å². The average molecular weight is 345 g/mol. The van der Waals surface area contributed by atoms with Gasteiger partial charge in [-0.05, 0) is 32.4 Å². The van der Waals surface area contributed by atoms with Crippen molar-refractivity contribution < 1.29 is 4.79 Å². The Morgan fingerprint density at radius 3 is 2.80 bits per heavy atom. The summed E-state index contributed by atoms with van der Waals surface area (Å²) >= 11 is 0. The second-order valence-corrected chi connectivity index (χ2v) is 6.93. The number of carbonyl (C=O) groups excluding carboxylic acids is 1. The van der Waals surface area contributed by atoms with Crippen LogP contribution in [0.15, 0.2) is 24.7 Å². The molecule has 2 aromatic rings. The van der Waals surface area contributed by atoms with Gasteiger partial charge in [0.1, 0.15) is 5.82 Å². The lowest BCUT2D eigenvalue weighted by Gasteiger charge is -2.40. The molecule has 0 aromatic carbocycles. The molecule has 2 aromatic heterocycles. The fourth-order valence-electron chi connectivity index (χ4n) is 3.71. The van der Waals surface area contributed by atoms with E-state index in [2.05, 4.69) is 33.7 Å². The number of aromatic nitrogens is 4. The lowest BCUT2D eigenvalue weighted by atomic mass is 9.86. The van der Waals surface area contributed by atoms with Gasteiger partial charge in [0, 0.05) is 51.6 Å². The van der Waals surface area contributed by atoms with E-state index >= 15 is 0 Å². The summed E-state index contributed by atoms with van der Waals surface area (Å²) in [6, 6.07) is 1.97. The summed E-state index contributed by atoms with van der Waals surface area (Å²) in [6.07, 6.45) is 7.94. The van der Waals surface area contributed by atoms with Crippen LogP contribution < -0.4 is 5.32 Å². The first-order valence-electron chi connectivity index (χ1n) is 8.64. The normalized spacial score (nSPS) is 21.3. The van der Waals surface area contributed by atoms with E-state index in [4.69, 9.17) is 0 Å². The summed E-state index contributed by atoms with van der Waals surface area (Å²) in [4.78, 5) is 16.6. The first-order chi connectivity index (χ1) is 12.0. The van der Waals surface area contributed by atoms with E-state index in [1.165, 1.54) is 5.56 Å². The number of piperidine rings is 1. The Balaban J connectivity index is 1.68. The van der Waals surface area contributed by atoms with E-state index in [0.29, 0.717) is 18.3 Å². The number of hydrogen-bond donors (Lipinski definition) is 1. The van der Waals surface area contributed by atoms with Crippen LogP contribution in [0.4, 0.5) is 10.6 Å². The third kappa shape index (κ3) is 3.84. The van der Waals surface area contributed by atoms with Crippen molar-refractivity contribution in [1.82, 2.24) is 29.4 Å². The molecule has 8 nitrogen and oxygen atoms in total. The first kappa shape index (κ1) is 17.5. The summed E-state index contributed by atoms with van der Waals surface area (Å²) in [5.74, 6) is 1.08. The van der Waals surface area contributed by atoms with Crippen LogP contribution in [-0.2, 0) is 14.1 Å². The zero-order chi connectivity index (χ0) is 18.0. The Hall–Kier alpha value is -2.35. The SMILES string of the molecule is CN(C[C@@H]1CCCN(C)[C@H]1c1cnn(C)c1)C(=O)Nc1ccnn1C. The molecule has 1 N–H and O–H groups in total. The minimum Gasteiger partial charge on any atom is -0.327 e. The lowest BCUT2D eigenvalue weighted by Crippen LogP contribution is -2.43. The maximum absolute atomic E-state index is 12.5. The maximum atomic E-state index is 12.5. The van der Waals surface area contributed by atoms with Gasteiger partial charge in [0.15, 0.2) is 0 Å². The standard InChI is InChI=1S/C17H27N7O/c1-21-9-5-6-13(16(21)14-10-19-23(3)12-14)11-22(2)17(25)20-15-7-8-18-24(15)4/h7-8,10,12-13,16H,5-6,9,11H2,1-4H3,(H,20,25)/t13-,16+/m0/s1. The van der Waals surface area contributed by atoms with E-state index in [1.807, 2.05) is 32.0 Å². The number of anilines is 1. The number of likely N-dealkylation sites (tertiary alicyclic amines) is 1. The average Bonchev–Trinajstić information content (AvgIpc) is 3.16. The van der Waals surface area contributed by atoms with Crippen molar-refractivity contribution in [3.05, 3.63) is 30.2 Å². The van der Waals surface area contributed by atoms with Gasteiger partial charge in [0.25, 0.3) is 0 Å². The van der Waals surface area contributed by atoms with Crippen LogP contribution in [0.1, 0.15) is 24.4 Å². The van der Waals surface area contributed by atoms with E-state index in [0.717, 1.165) is 19.4 Å². The molecule has 0 radical (unpaired) electrons. The molecule has 8 heteroatoms. The topological polar surface area (TPSA) is 71.2 Å². The summed E-state index contributed by atoms with van der Waals surface area (Å²) < 4.78 is 3.49. The number of nitrogens with zero attached hydrogens (tertiary/aromatic N) is 6. The minimum atomic E-state index is -0.109. The van der Waals surface area contributed by atoms with Gasteiger partial charge in [-0.15, -0.1) is 0 Å². The molecule has 2 atom stereocenters. The molecule has 0 spiro atoms. The summed E-state index contributed by atoms with van der Waals surface area (Å²) in [5.41, 5.74) is 1.22. The van der Waals surface area contributed by atoms with Crippen LogP contribution in [0.5, 0.6) is 0 Å². The van der Waals surface area contributed by atoms with Gasteiger partial charge in [-0.1, -0.05) is 0 Å². The number of rotatable bonds is 4. The molecular formula is C17H27N7O. The molecule has 1 aliphatic rings. The number of urea groups is 1. The molecule has 0 unspecified atom stereocenters. The molecule has 136 valence electrons. The number of aryl methyl sites for hydroxylation is 2. The van der Waals surface area contributed by atoms with Crippen molar-refractivity contribution in [2.75, 3.05) is 32.5 Å². The van der Waals surface area contributed by atoms with Crippen molar-refractivity contribution in [3.8, 4) is 0 Å². The summed E-state index contributed by atoms with van der Waals surface area (Å²) in [7, 11) is 7.75. The van der Waals surface area contributed by atoms with Crippen LogP contribution >= 0.6 is 0 Å². The Labute approximate surface area is 148 Å². The first-order valence-corrected chi connectivity index (χ1v) is 8.64. The minimum absolute atomic E-state index is 0.109. The number of carbonyl (C=O) groups is 1. The predicted octanol–water partition coefficient (Wildman–Crippen LogP) is 1.70. The number of nitrogens with one attached hydrogen (secondary N) is 1. The predicted molar refractivity (Wildman–Crippen MR) is 96.2 cm³/mol. The molecule has 0 saturated carbocycles. The fraction of sp³-hybridized carbons (Fsp3) is 0.588. The second-order valence-electron chi connectivity index (χ2n) is 6.93. The molecule has 3 heterocycles. The van der Waals surface area contributed by atoms with Gasteiger partial charge in [-0.3, -0.25) is 19.6 Å². The van der Waals surface area contributed by atoms with E-state index in [9.17, 15) is 4.79 Å². The van der Waals surface area contributed by atoms with Gasteiger partial charge >= 0.3 is 6.03 Å². The number of hydrogen-bond acceptors (Lipinski definition) is 4. The van der Waals surface area contributed by atoms with E-state index in [1.54, 1.807) is 21.8 Å². The Morgan fingerprint density at radius 2 is 2.16 bits per heavy atom. The Morgan fingerprint density at radius 1 is 1.36 bits per heavy atom. The third-order valence-corrected chi connectivity index (χ3v) is 4.98. The third-order valence-electron chi connectivity index (χ3n) is 4.98. The Bertz CT molecular complexity index is 722. The molecule has 0 bridgehead atoms. The van der Waals surface area contributed by atoms with Crippen molar-refractivity contribution in [3.63, 3.8) is 0 Å². The van der Waals surface area contributed by atoms with Gasteiger partial charge in [-0.25, -0.2) is 4.79 Å².